The van der Waals surface area contributed by atoms with E-state index >= 15 is 0 Å². The van der Waals surface area contributed by atoms with Crippen LogP contribution in [0.15, 0.2) is 24.3 Å². The molecule has 0 aliphatic heterocycles. The van der Waals surface area contributed by atoms with E-state index < -0.39 is 0 Å². The molecule has 0 amide bonds. The molecule has 0 aromatic heterocycles. The third-order valence-electron chi connectivity index (χ3n) is 4.43. The van der Waals surface area contributed by atoms with Crippen LogP contribution < -0.4 is 5.32 Å². The minimum Gasteiger partial charge on any atom is -0.385 e. The lowest BCUT2D eigenvalue weighted by Crippen LogP contribution is -2.20. The quantitative estimate of drug-likeness (QED) is 0.788. The number of anilines is 1. The lowest BCUT2D eigenvalue weighted by atomic mass is 9.81. The molecule has 1 saturated carbocycles. The molecule has 0 saturated heterocycles. The molecule has 1 fully saturated rings. The van der Waals surface area contributed by atoms with E-state index in [1.807, 2.05) is 24.3 Å². The molecule has 19 heavy (non-hydrogen) atoms. The molecule has 2 rings (SSSR count). The van der Waals surface area contributed by atoms with Gasteiger partial charge < -0.3 is 5.32 Å². The van der Waals surface area contributed by atoms with E-state index in [-0.39, 0.29) is 5.78 Å². The van der Waals surface area contributed by atoms with Crippen LogP contribution in [0.1, 0.15) is 56.3 Å². The van der Waals surface area contributed by atoms with Crippen molar-refractivity contribution in [1.82, 2.24) is 0 Å². The van der Waals surface area contributed by atoms with Crippen LogP contribution in [-0.2, 0) is 0 Å². The molecule has 1 aromatic rings. The van der Waals surface area contributed by atoms with Gasteiger partial charge in [0.1, 0.15) is 0 Å². The topological polar surface area (TPSA) is 29.1 Å². The first-order valence-electron chi connectivity index (χ1n) is 7.54. The monoisotopic (exact) mass is 259 g/mol. The number of carbonyl (C=O) groups excluding carboxylic acids is 1. The summed E-state index contributed by atoms with van der Waals surface area (Å²) in [5.41, 5.74) is 1.91. The summed E-state index contributed by atoms with van der Waals surface area (Å²) in [6.07, 6.45) is 6.85. The number of benzene rings is 1. The van der Waals surface area contributed by atoms with Gasteiger partial charge in [0.2, 0.25) is 0 Å². The smallest absolute Gasteiger partial charge is 0.159 e. The lowest BCUT2D eigenvalue weighted by Gasteiger charge is -2.28. The van der Waals surface area contributed by atoms with E-state index in [0.717, 1.165) is 29.6 Å². The van der Waals surface area contributed by atoms with Gasteiger partial charge in [-0.15, -0.1) is 0 Å². The summed E-state index contributed by atoms with van der Waals surface area (Å²) in [5.74, 6) is 1.91. The minimum atomic E-state index is 0.129. The van der Waals surface area contributed by atoms with E-state index in [9.17, 15) is 4.79 Å². The SMILES string of the molecule is CCC1CCC(CNc2ccc(C(C)=O)cc2)CC1. The van der Waals surface area contributed by atoms with E-state index in [4.69, 9.17) is 0 Å². The summed E-state index contributed by atoms with van der Waals surface area (Å²) in [6, 6.07) is 7.82. The number of carbonyl (C=O) groups is 1. The molecular weight excluding hydrogens is 234 g/mol. The number of hydrogen-bond acceptors (Lipinski definition) is 2. The fourth-order valence-corrected chi connectivity index (χ4v) is 2.93. The van der Waals surface area contributed by atoms with Crippen molar-refractivity contribution in [2.24, 2.45) is 11.8 Å². The molecule has 1 aliphatic rings. The normalized spacial score (nSPS) is 23.1. The van der Waals surface area contributed by atoms with Gasteiger partial charge in [0.15, 0.2) is 5.78 Å². The maximum absolute atomic E-state index is 11.2. The second-order valence-electron chi connectivity index (χ2n) is 5.81. The molecule has 1 N–H and O–H groups in total. The Labute approximate surface area is 116 Å². The van der Waals surface area contributed by atoms with Crippen LogP contribution in [0.2, 0.25) is 0 Å². The first kappa shape index (κ1) is 14.1. The molecule has 104 valence electrons. The van der Waals surface area contributed by atoms with Crippen molar-refractivity contribution >= 4 is 11.5 Å². The second-order valence-corrected chi connectivity index (χ2v) is 5.81. The molecule has 1 aliphatic carbocycles. The zero-order valence-corrected chi connectivity index (χ0v) is 12.1. The standard InChI is InChI=1S/C17H25NO/c1-3-14-4-6-15(7-5-14)12-18-17-10-8-16(9-11-17)13(2)19/h8-11,14-15,18H,3-7,12H2,1-2H3. The van der Waals surface area contributed by atoms with Gasteiger partial charge in [0.05, 0.1) is 0 Å². The predicted octanol–water partition coefficient (Wildman–Crippen LogP) is 4.52. The summed E-state index contributed by atoms with van der Waals surface area (Å²) in [6.45, 7) is 4.98. The number of hydrogen-bond donors (Lipinski definition) is 1. The molecule has 2 heteroatoms. The Bertz CT molecular complexity index is 402. The zero-order valence-electron chi connectivity index (χ0n) is 12.1. The predicted molar refractivity (Wildman–Crippen MR) is 80.7 cm³/mol. The molecule has 0 unspecified atom stereocenters. The third-order valence-corrected chi connectivity index (χ3v) is 4.43. The van der Waals surface area contributed by atoms with Crippen molar-refractivity contribution in [2.75, 3.05) is 11.9 Å². The van der Waals surface area contributed by atoms with E-state index in [0.29, 0.717) is 0 Å². The van der Waals surface area contributed by atoms with Crippen molar-refractivity contribution < 1.29 is 4.79 Å². The highest BCUT2D eigenvalue weighted by Gasteiger charge is 2.19. The van der Waals surface area contributed by atoms with E-state index in [1.165, 1.54) is 32.1 Å². The van der Waals surface area contributed by atoms with Crippen molar-refractivity contribution in [3.8, 4) is 0 Å². The highest BCUT2D eigenvalue weighted by Crippen LogP contribution is 2.30. The summed E-state index contributed by atoms with van der Waals surface area (Å²) < 4.78 is 0. The highest BCUT2D eigenvalue weighted by atomic mass is 16.1. The van der Waals surface area contributed by atoms with Gasteiger partial charge in [-0.3, -0.25) is 4.79 Å². The molecule has 0 bridgehead atoms. The van der Waals surface area contributed by atoms with Gasteiger partial charge in [-0.25, -0.2) is 0 Å². The fourth-order valence-electron chi connectivity index (χ4n) is 2.93. The van der Waals surface area contributed by atoms with Crippen molar-refractivity contribution in [3.63, 3.8) is 0 Å². The zero-order chi connectivity index (χ0) is 13.7. The maximum Gasteiger partial charge on any atom is 0.159 e. The largest absolute Gasteiger partial charge is 0.385 e. The Morgan fingerprint density at radius 1 is 1.11 bits per heavy atom. The molecule has 2 nitrogen and oxygen atoms in total. The lowest BCUT2D eigenvalue weighted by molar-refractivity contribution is 0.101. The van der Waals surface area contributed by atoms with Crippen LogP contribution in [0.3, 0.4) is 0 Å². The van der Waals surface area contributed by atoms with Crippen molar-refractivity contribution in [1.29, 1.82) is 0 Å². The summed E-state index contributed by atoms with van der Waals surface area (Å²) in [5, 5.41) is 3.50. The number of nitrogens with one attached hydrogen (secondary N) is 1. The van der Waals surface area contributed by atoms with E-state index in [2.05, 4.69) is 12.2 Å². The number of ketones is 1. The van der Waals surface area contributed by atoms with Crippen LogP contribution in [-0.4, -0.2) is 12.3 Å². The van der Waals surface area contributed by atoms with Gasteiger partial charge in [-0.05, 0) is 55.9 Å². The van der Waals surface area contributed by atoms with Gasteiger partial charge in [-0.1, -0.05) is 26.2 Å². The minimum absolute atomic E-state index is 0.129. The van der Waals surface area contributed by atoms with Crippen molar-refractivity contribution in [3.05, 3.63) is 29.8 Å². The molecule has 0 radical (unpaired) electrons. The van der Waals surface area contributed by atoms with Crippen LogP contribution in [0.4, 0.5) is 5.69 Å². The van der Waals surface area contributed by atoms with E-state index in [1.54, 1.807) is 6.92 Å². The highest BCUT2D eigenvalue weighted by molar-refractivity contribution is 5.94. The van der Waals surface area contributed by atoms with Gasteiger partial charge in [0, 0.05) is 17.8 Å². The van der Waals surface area contributed by atoms with Crippen LogP contribution in [0.5, 0.6) is 0 Å². The second kappa shape index (κ2) is 6.74. The fraction of sp³-hybridized carbons (Fsp3) is 0.588. The average molecular weight is 259 g/mol. The van der Waals surface area contributed by atoms with Gasteiger partial charge >= 0.3 is 0 Å². The summed E-state index contributed by atoms with van der Waals surface area (Å²) >= 11 is 0. The Balaban J connectivity index is 1.78. The Morgan fingerprint density at radius 2 is 1.68 bits per heavy atom. The average Bonchev–Trinajstić information content (AvgIpc) is 2.46. The van der Waals surface area contributed by atoms with Crippen LogP contribution in [0, 0.1) is 11.8 Å². The number of Topliss-reactive ketones (excluding diaryl/α,β-unsaturated/α-hetero) is 1. The molecule has 0 spiro atoms. The summed E-state index contributed by atoms with van der Waals surface area (Å²) in [7, 11) is 0. The Hall–Kier alpha value is -1.31. The summed E-state index contributed by atoms with van der Waals surface area (Å²) in [4.78, 5) is 11.2. The molecular formula is C17H25NO. The Kier molecular flexibility index (Phi) is 5.00. The Morgan fingerprint density at radius 3 is 2.21 bits per heavy atom. The molecule has 0 atom stereocenters. The first-order valence-corrected chi connectivity index (χ1v) is 7.54. The molecule has 0 heterocycles. The van der Waals surface area contributed by atoms with Gasteiger partial charge in [0.25, 0.3) is 0 Å². The first-order chi connectivity index (χ1) is 9.19. The van der Waals surface area contributed by atoms with Crippen molar-refractivity contribution in [2.45, 2.75) is 46.0 Å². The third kappa shape index (κ3) is 4.09. The number of rotatable bonds is 5. The maximum atomic E-state index is 11.2. The molecule has 1 aromatic carbocycles. The van der Waals surface area contributed by atoms with Crippen LogP contribution in [0.25, 0.3) is 0 Å². The van der Waals surface area contributed by atoms with Gasteiger partial charge in [-0.2, -0.15) is 0 Å². The van der Waals surface area contributed by atoms with Crippen LogP contribution >= 0.6 is 0 Å².